The van der Waals surface area contributed by atoms with E-state index in [0.717, 1.165) is 27.6 Å². The van der Waals surface area contributed by atoms with Crippen LogP contribution in [0, 0.1) is 0 Å². The van der Waals surface area contributed by atoms with Gasteiger partial charge in [-0.1, -0.05) is 18.2 Å². The van der Waals surface area contributed by atoms with E-state index in [0.29, 0.717) is 5.71 Å². The van der Waals surface area contributed by atoms with Crippen LogP contribution in [0.5, 0.6) is 0 Å². The molecule has 3 heteroatoms. The summed E-state index contributed by atoms with van der Waals surface area (Å²) >= 11 is 0. The van der Waals surface area contributed by atoms with Crippen molar-refractivity contribution in [2.75, 3.05) is 0 Å². The van der Waals surface area contributed by atoms with E-state index in [9.17, 15) is 0 Å². The van der Waals surface area contributed by atoms with Crippen LogP contribution in [0.4, 0.5) is 0 Å². The molecule has 1 aromatic carbocycles. The summed E-state index contributed by atoms with van der Waals surface area (Å²) in [5, 5.41) is 2.11. The molecule has 3 aromatic heterocycles. The third-order valence-corrected chi connectivity index (χ3v) is 3.22. The molecule has 3 heterocycles. The summed E-state index contributed by atoms with van der Waals surface area (Å²) in [6, 6.07) is 15.9. The molecule has 0 aliphatic rings. The second-order valence-electron chi connectivity index (χ2n) is 4.36. The Hall–Kier alpha value is -2.68. The molecule has 0 aliphatic carbocycles. The molecule has 0 N–H and O–H groups in total. The van der Waals surface area contributed by atoms with Crippen molar-refractivity contribution in [2.24, 2.45) is 0 Å². The number of pyridine rings is 2. The van der Waals surface area contributed by atoms with Crippen LogP contribution in [0.1, 0.15) is 0 Å². The highest BCUT2D eigenvalue weighted by Crippen LogP contribution is 2.33. The normalized spacial score (nSPS) is 11.2. The number of para-hydroxylation sites is 1. The van der Waals surface area contributed by atoms with E-state index >= 15 is 0 Å². The fourth-order valence-corrected chi connectivity index (χ4v) is 2.36. The Balaban J connectivity index is 2.13. The van der Waals surface area contributed by atoms with Crippen molar-refractivity contribution >= 4 is 22.1 Å². The second-order valence-corrected chi connectivity index (χ2v) is 4.36. The molecule has 0 radical (unpaired) electrons. The van der Waals surface area contributed by atoms with Crippen LogP contribution < -0.4 is 0 Å². The Labute approximate surface area is 109 Å². The number of hydrogen-bond donors (Lipinski definition) is 0. The molecule has 0 atom stereocenters. The number of furan rings is 1. The molecule has 0 fully saturated rings. The van der Waals surface area contributed by atoms with Crippen molar-refractivity contribution in [3.05, 3.63) is 60.9 Å². The standard InChI is InChI=1S/C16H10N2O/c1-2-9-17-14(8-1)13-6-3-5-11-12-7-4-10-18-16(12)19-15(11)13/h1-10H. The fraction of sp³-hybridized carbons (Fsp3) is 0. The van der Waals surface area contributed by atoms with Crippen LogP contribution in [0.2, 0.25) is 0 Å². The van der Waals surface area contributed by atoms with Gasteiger partial charge in [0.05, 0.1) is 5.69 Å². The van der Waals surface area contributed by atoms with Gasteiger partial charge >= 0.3 is 0 Å². The minimum atomic E-state index is 0.667. The molecular formula is C16H10N2O. The first kappa shape index (κ1) is 10.3. The van der Waals surface area contributed by atoms with Crippen molar-refractivity contribution in [2.45, 2.75) is 0 Å². The first-order valence-electron chi connectivity index (χ1n) is 6.11. The molecule has 0 bridgehead atoms. The van der Waals surface area contributed by atoms with Crippen LogP contribution in [-0.4, -0.2) is 9.97 Å². The lowest BCUT2D eigenvalue weighted by molar-refractivity contribution is 0.655. The summed E-state index contributed by atoms with van der Waals surface area (Å²) in [4.78, 5) is 8.66. The maximum absolute atomic E-state index is 5.89. The SMILES string of the molecule is c1ccc(-c2cccc3c2oc2ncccc23)nc1. The van der Waals surface area contributed by atoms with Crippen LogP contribution in [0.3, 0.4) is 0 Å². The predicted molar refractivity (Wildman–Crippen MR) is 74.7 cm³/mol. The van der Waals surface area contributed by atoms with E-state index in [2.05, 4.69) is 16.0 Å². The molecule has 0 aliphatic heterocycles. The Morgan fingerprint density at radius 1 is 0.737 bits per heavy atom. The van der Waals surface area contributed by atoms with Gasteiger partial charge in [-0.15, -0.1) is 0 Å². The van der Waals surface area contributed by atoms with Crippen LogP contribution in [0.25, 0.3) is 33.3 Å². The van der Waals surface area contributed by atoms with Crippen molar-refractivity contribution in [1.29, 1.82) is 0 Å². The van der Waals surface area contributed by atoms with E-state index in [1.807, 2.05) is 42.5 Å². The minimum Gasteiger partial charge on any atom is -0.437 e. The van der Waals surface area contributed by atoms with Gasteiger partial charge in [-0.2, -0.15) is 0 Å². The highest BCUT2D eigenvalue weighted by Gasteiger charge is 2.12. The second kappa shape index (κ2) is 3.92. The number of rotatable bonds is 1. The van der Waals surface area contributed by atoms with Gasteiger partial charge in [0, 0.05) is 28.7 Å². The molecule has 0 unspecified atom stereocenters. The molecule has 19 heavy (non-hydrogen) atoms. The summed E-state index contributed by atoms with van der Waals surface area (Å²) in [5.74, 6) is 0. The van der Waals surface area contributed by atoms with Gasteiger partial charge in [-0.25, -0.2) is 4.98 Å². The van der Waals surface area contributed by atoms with Gasteiger partial charge in [0.15, 0.2) is 0 Å². The third-order valence-electron chi connectivity index (χ3n) is 3.22. The zero-order valence-electron chi connectivity index (χ0n) is 10.1. The van der Waals surface area contributed by atoms with Gasteiger partial charge in [-0.05, 0) is 30.3 Å². The quantitative estimate of drug-likeness (QED) is 0.508. The summed E-state index contributed by atoms with van der Waals surface area (Å²) in [7, 11) is 0. The monoisotopic (exact) mass is 246 g/mol. The first-order chi connectivity index (χ1) is 9.43. The molecule has 4 rings (SSSR count). The zero-order chi connectivity index (χ0) is 12.7. The maximum Gasteiger partial charge on any atom is 0.227 e. The molecule has 3 nitrogen and oxygen atoms in total. The number of benzene rings is 1. The molecule has 0 amide bonds. The van der Waals surface area contributed by atoms with Crippen molar-refractivity contribution < 1.29 is 4.42 Å². The first-order valence-corrected chi connectivity index (χ1v) is 6.11. The largest absolute Gasteiger partial charge is 0.437 e. The Bertz CT molecular complexity index is 866. The Morgan fingerprint density at radius 3 is 2.53 bits per heavy atom. The molecule has 0 saturated carbocycles. The Kier molecular flexibility index (Phi) is 2.12. The van der Waals surface area contributed by atoms with Gasteiger partial charge in [0.2, 0.25) is 5.71 Å². The summed E-state index contributed by atoms with van der Waals surface area (Å²) < 4.78 is 5.89. The molecule has 0 saturated heterocycles. The van der Waals surface area contributed by atoms with Crippen molar-refractivity contribution in [1.82, 2.24) is 9.97 Å². The van der Waals surface area contributed by atoms with Crippen LogP contribution in [-0.2, 0) is 0 Å². The summed E-state index contributed by atoms with van der Waals surface area (Å²) in [5.41, 5.74) is 3.42. The molecule has 90 valence electrons. The summed E-state index contributed by atoms with van der Waals surface area (Å²) in [6.45, 7) is 0. The number of fused-ring (bicyclic) bond motifs is 3. The number of nitrogens with zero attached hydrogens (tertiary/aromatic N) is 2. The van der Waals surface area contributed by atoms with Crippen LogP contribution >= 0.6 is 0 Å². The van der Waals surface area contributed by atoms with Crippen LogP contribution in [0.15, 0.2) is 65.3 Å². The lowest BCUT2D eigenvalue weighted by Gasteiger charge is -2.00. The molecule has 0 spiro atoms. The fourth-order valence-electron chi connectivity index (χ4n) is 2.36. The highest BCUT2D eigenvalue weighted by atomic mass is 16.3. The van der Waals surface area contributed by atoms with E-state index in [1.165, 1.54) is 0 Å². The molecular weight excluding hydrogens is 236 g/mol. The molecule has 4 aromatic rings. The van der Waals surface area contributed by atoms with Gasteiger partial charge in [-0.3, -0.25) is 4.98 Å². The lowest BCUT2D eigenvalue weighted by atomic mass is 10.1. The summed E-state index contributed by atoms with van der Waals surface area (Å²) in [6.07, 6.45) is 3.53. The minimum absolute atomic E-state index is 0.667. The van der Waals surface area contributed by atoms with E-state index in [-0.39, 0.29) is 0 Å². The number of hydrogen-bond acceptors (Lipinski definition) is 3. The third kappa shape index (κ3) is 1.52. The Morgan fingerprint density at radius 2 is 1.63 bits per heavy atom. The maximum atomic E-state index is 5.89. The average Bonchev–Trinajstić information content (AvgIpc) is 2.87. The topological polar surface area (TPSA) is 38.9 Å². The average molecular weight is 246 g/mol. The van der Waals surface area contributed by atoms with Gasteiger partial charge in [0.1, 0.15) is 5.58 Å². The smallest absolute Gasteiger partial charge is 0.227 e. The number of aromatic nitrogens is 2. The zero-order valence-corrected chi connectivity index (χ0v) is 10.1. The van der Waals surface area contributed by atoms with Gasteiger partial charge < -0.3 is 4.42 Å². The van der Waals surface area contributed by atoms with Crippen molar-refractivity contribution in [3.8, 4) is 11.3 Å². The van der Waals surface area contributed by atoms with E-state index in [4.69, 9.17) is 4.42 Å². The predicted octanol–water partition coefficient (Wildman–Crippen LogP) is 4.04. The van der Waals surface area contributed by atoms with Gasteiger partial charge in [0.25, 0.3) is 0 Å². The van der Waals surface area contributed by atoms with E-state index < -0.39 is 0 Å². The van der Waals surface area contributed by atoms with Crippen molar-refractivity contribution in [3.63, 3.8) is 0 Å². The lowest BCUT2D eigenvalue weighted by Crippen LogP contribution is -1.81. The highest BCUT2D eigenvalue weighted by molar-refractivity contribution is 6.08. The van der Waals surface area contributed by atoms with E-state index in [1.54, 1.807) is 12.4 Å².